The molecule has 5 rings (SSSR count). The summed E-state index contributed by atoms with van der Waals surface area (Å²) in [5.74, 6) is 0.320. The number of anilines is 1. The zero-order valence-corrected chi connectivity index (χ0v) is 15.6. The van der Waals surface area contributed by atoms with E-state index in [9.17, 15) is 4.79 Å². The Morgan fingerprint density at radius 2 is 1.86 bits per heavy atom. The maximum Gasteiger partial charge on any atom is 0.275 e. The van der Waals surface area contributed by atoms with Crippen molar-refractivity contribution >= 4 is 28.4 Å². The first-order valence-electron chi connectivity index (χ1n) is 9.11. The predicted molar refractivity (Wildman–Crippen MR) is 111 cm³/mol. The number of amides is 1. The predicted octanol–water partition coefficient (Wildman–Crippen LogP) is 3.90. The zero-order chi connectivity index (χ0) is 19.8. The molecule has 5 aromatic rings. The molecule has 0 fully saturated rings. The fourth-order valence-electron chi connectivity index (χ4n) is 3.14. The molecule has 0 saturated heterocycles. The monoisotopic (exact) mass is 380 g/mol. The molecule has 0 atom stereocenters. The van der Waals surface area contributed by atoms with Gasteiger partial charge in [0.25, 0.3) is 5.91 Å². The van der Waals surface area contributed by atoms with Crippen molar-refractivity contribution in [2.24, 2.45) is 0 Å². The maximum absolute atomic E-state index is 12.8. The van der Waals surface area contributed by atoms with Gasteiger partial charge < -0.3 is 5.32 Å². The van der Waals surface area contributed by atoms with Crippen LogP contribution in [0.15, 0.2) is 73.3 Å². The molecule has 140 valence electrons. The Balaban J connectivity index is 1.47. The van der Waals surface area contributed by atoms with E-state index in [1.807, 2.05) is 72.2 Å². The minimum Gasteiger partial charge on any atom is -0.320 e. The summed E-state index contributed by atoms with van der Waals surface area (Å²) >= 11 is 0. The summed E-state index contributed by atoms with van der Waals surface area (Å²) in [7, 11) is 0. The number of aryl methyl sites for hydroxylation is 1. The van der Waals surface area contributed by atoms with Crippen LogP contribution in [0.3, 0.4) is 0 Å². The van der Waals surface area contributed by atoms with Crippen molar-refractivity contribution in [2.75, 3.05) is 5.32 Å². The van der Waals surface area contributed by atoms with E-state index >= 15 is 0 Å². The first-order valence-corrected chi connectivity index (χ1v) is 9.11. The van der Waals surface area contributed by atoms with Crippen molar-refractivity contribution in [1.82, 2.24) is 24.3 Å². The quantitative estimate of drug-likeness (QED) is 0.513. The molecule has 0 saturated carbocycles. The van der Waals surface area contributed by atoms with Crippen LogP contribution in [0.5, 0.6) is 0 Å². The number of para-hydroxylation sites is 2. The second-order valence-electron chi connectivity index (χ2n) is 6.68. The first-order chi connectivity index (χ1) is 14.2. The Morgan fingerprint density at radius 1 is 1.00 bits per heavy atom. The van der Waals surface area contributed by atoms with Gasteiger partial charge >= 0.3 is 0 Å². The molecule has 29 heavy (non-hydrogen) atoms. The number of carbonyl (C=O) groups is 1. The molecule has 2 aromatic carbocycles. The van der Waals surface area contributed by atoms with Gasteiger partial charge in [0.15, 0.2) is 0 Å². The van der Waals surface area contributed by atoms with Crippen LogP contribution in [-0.4, -0.2) is 30.2 Å². The molecule has 0 bridgehead atoms. The lowest BCUT2D eigenvalue weighted by Gasteiger charge is -2.10. The van der Waals surface area contributed by atoms with Crippen LogP contribution in [0.2, 0.25) is 0 Å². The van der Waals surface area contributed by atoms with E-state index in [1.165, 1.54) is 6.20 Å². The van der Waals surface area contributed by atoms with Crippen molar-refractivity contribution in [1.29, 1.82) is 0 Å². The van der Waals surface area contributed by atoms with Crippen LogP contribution in [0, 0.1) is 6.92 Å². The van der Waals surface area contributed by atoms with E-state index in [1.54, 1.807) is 6.20 Å². The largest absolute Gasteiger partial charge is 0.320 e. The molecule has 7 heteroatoms. The van der Waals surface area contributed by atoms with Crippen molar-refractivity contribution in [2.45, 2.75) is 6.92 Å². The van der Waals surface area contributed by atoms with E-state index in [-0.39, 0.29) is 11.6 Å². The van der Waals surface area contributed by atoms with Gasteiger partial charge in [0.1, 0.15) is 5.69 Å². The fourth-order valence-corrected chi connectivity index (χ4v) is 3.14. The van der Waals surface area contributed by atoms with Crippen molar-refractivity contribution in [3.8, 4) is 11.3 Å². The van der Waals surface area contributed by atoms with Crippen LogP contribution in [0.1, 0.15) is 16.1 Å². The Hall–Kier alpha value is -4.13. The van der Waals surface area contributed by atoms with Gasteiger partial charge in [-0.25, -0.2) is 15.0 Å². The lowest BCUT2D eigenvalue weighted by molar-refractivity contribution is 0.102. The summed E-state index contributed by atoms with van der Waals surface area (Å²) < 4.78 is 1.86. The Bertz CT molecular complexity index is 1340. The van der Waals surface area contributed by atoms with E-state index in [0.717, 1.165) is 22.3 Å². The number of carbonyl (C=O) groups excluding carboxylic acids is 1. The standard InChI is InChI=1S/C22H16N6O/c1-14-7-8-15(20-13-28-10-4-9-23-22(28)27-20)11-18(14)26-21(29)19-12-24-16-5-2-3-6-17(16)25-19/h2-13H,1H3,(H,26,29). The molecule has 7 nitrogen and oxygen atoms in total. The summed E-state index contributed by atoms with van der Waals surface area (Å²) in [6, 6.07) is 15.1. The van der Waals surface area contributed by atoms with Crippen LogP contribution in [-0.2, 0) is 0 Å². The third-order valence-corrected chi connectivity index (χ3v) is 4.70. The number of aromatic nitrogens is 5. The smallest absolute Gasteiger partial charge is 0.275 e. The fraction of sp³-hybridized carbons (Fsp3) is 0.0455. The van der Waals surface area contributed by atoms with Gasteiger partial charge in [0.05, 0.1) is 22.9 Å². The summed E-state index contributed by atoms with van der Waals surface area (Å²) in [5.41, 5.74) is 5.02. The highest BCUT2D eigenvalue weighted by Crippen LogP contribution is 2.25. The van der Waals surface area contributed by atoms with Crippen molar-refractivity contribution < 1.29 is 4.79 Å². The summed E-state index contributed by atoms with van der Waals surface area (Å²) in [4.78, 5) is 30.3. The molecule has 0 aliphatic rings. The zero-order valence-electron chi connectivity index (χ0n) is 15.6. The molecule has 0 aliphatic carbocycles. The van der Waals surface area contributed by atoms with Gasteiger partial charge in [-0.2, -0.15) is 0 Å². The minimum absolute atomic E-state index is 0.269. The minimum atomic E-state index is -0.305. The highest BCUT2D eigenvalue weighted by Gasteiger charge is 2.13. The van der Waals surface area contributed by atoms with Gasteiger partial charge in [-0.15, -0.1) is 0 Å². The van der Waals surface area contributed by atoms with E-state index < -0.39 is 0 Å². The summed E-state index contributed by atoms with van der Waals surface area (Å²) in [6.07, 6.45) is 7.00. The SMILES string of the molecule is Cc1ccc(-c2cn3cccnc3n2)cc1NC(=O)c1cnc2ccccc2n1. The molecule has 1 amide bonds. The molecule has 0 spiro atoms. The van der Waals surface area contributed by atoms with Gasteiger partial charge in [0.2, 0.25) is 5.78 Å². The van der Waals surface area contributed by atoms with Gasteiger partial charge in [0, 0.05) is 29.8 Å². The highest BCUT2D eigenvalue weighted by molar-refractivity contribution is 6.04. The number of fused-ring (bicyclic) bond motifs is 2. The molecule has 0 aliphatic heterocycles. The number of hydrogen-bond acceptors (Lipinski definition) is 5. The third kappa shape index (κ3) is 3.19. The second kappa shape index (κ2) is 6.79. The van der Waals surface area contributed by atoms with Crippen LogP contribution < -0.4 is 5.32 Å². The van der Waals surface area contributed by atoms with E-state index in [4.69, 9.17) is 0 Å². The molecule has 0 radical (unpaired) electrons. The van der Waals surface area contributed by atoms with Crippen LogP contribution in [0.25, 0.3) is 28.1 Å². The van der Waals surface area contributed by atoms with Gasteiger partial charge in [-0.1, -0.05) is 24.3 Å². The normalized spacial score (nSPS) is 11.1. The summed E-state index contributed by atoms with van der Waals surface area (Å²) in [6.45, 7) is 1.94. The number of imidazole rings is 1. The lowest BCUT2D eigenvalue weighted by Crippen LogP contribution is -2.15. The third-order valence-electron chi connectivity index (χ3n) is 4.70. The molecule has 3 heterocycles. The molecule has 0 unspecified atom stereocenters. The average Bonchev–Trinajstić information content (AvgIpc) is 3.19. The first kappa shape index (κ1) is 17.0. The molecular weight excluding hydrogens is 364 g/mol. The maximum atomic E-state index is 12.8. The van der Waals surface area contributed by atoms with E-state index in [2.05, 4.69) is 25.3 Å². The number of hydrogen-bond donors (Lipinski definition) is 1. The van der Waals surface area contributed by atoms with Gasteiger partial charge in [-0.3, -0.25) is 14.2 Å². The number of nitrogens with one attached hydrogen (secondary N) is 1. The van der Waals surface area contributed by atoms with Crippen molar-refractivity contribution in [3.05, 3.63) is 84.6 Å². The lowest BCUT2D eigenvalue weighted by atomic mass is 10.1. The van der Waals surface area contributed by atoms with Crippen LogP contribution in [0.4, 0.5) is 5.69 Å². The Kier molecular flexibility index (Phi) is 3.98. The van der Waals surface area contributed by atoms with Crippen molar-refractivity contribution in [3.63, 3.8) is 0 Å². The highest BCUT2D eigenvalue weighted by atomic mass is 16.1. The average molecular weight is 380 g/mol. The van der Waals surface area contributed by atoms with Gasteiger partial charge in [-0.05, 0) is 36.8 Å². The van der Waals surface area contributed by atoms with Crippen LogP contribution >= 0.6 is 0 Å². The number of nitrogens with zero attached hydrogens (tertiary/aromatic N) is 5. The Labute approximate surface area is 166 Å². The number of benzene rings is 2. The number of rotatable bonds is 3. The summed E-state index contributed by atoms with van der Waals surface area (Å²) in [5, 5.41) is 2.94. The topological polar surface area (TPSA) is 85.1 Å². The van der Waals surface area contributed by atoms with E-state index in [0.29, 0.717) is 17.0 Å². The molecular formula is C22H16N6O. The Morgan fingerprint density at radius 3 is 2.72 bits per heavy atom. The second-order valence-corrected chi connectivity index (χ2v) is 6.68. The molecule has 3 aromatic heterocycles. The molecule has 1 N–H and O–H groups in total.